The van der Waals surface area contributed by atoms with Crippen molar-refractivity contribution < 1.29 is 24.6 Å². The van der Waals surface area contributed by atoms with Crippen molar-refractivity contribution in [2.24, 2.45) is 0 Å². The van der Waals surface area contributed by atoms with E-state index in [0.29, 0.717) is 0 Å². The molecule has 2 aliphatic rings. The van der Waals surface area contributed by atoms with Crippen LogP contribution in [0, 0.1) is 0 Å². The summed E-state index contributed by atoms with van der Waals surface area (Å²) in [5.74, 6) is 0. The first-order chi connectivity index (χ1) is 5.45. The van der Waals surface area contributed by atoms with E-state index >= 15 is 0 Å². The van der Waals surface area contributed by atoms with Crippen molar-refractivity contribution in [2.75, 3.05) is 0 Å². The van der Waals surface area contributed by atoms with E-state index in [-0.39, 0.29) is 0 Å². The van der Waals surface area contributed by atoms with Gasteiger partial charge in [-0.3, -0.25) is 0 Å². The van der Waals surface area contributed by atoms with Crippen molar-refractivity contribution in [3.63, 3.8) is 0 Å². The van der Waals surface area contributed by atoms with Crippen LogP contribution in [0.3, 0.4) is 0 Å². The Labute approximate surface area is 81.2 Å². The van der Waals surface area contributed by atoms with Gasteiger partial charge in [-0.2, -0.15) is 0 Å². The Balaban J connectivity index is 1.89. The molecule has 0 aromatic rings. The molecule has 0 atom stereocenters. The Bertz CT molecular complexity index is 179. The summed E-state index contributed by atoms with van der Waals surface area (Å²) in [5, 5.41) is 0. The van der Waals surface area contributed by atoms with E-state index in [4.69, 9.17) is 0 Å². The molecule has 0 saturated carbocycles. The van der Waals surface area contributed by atoms with Crippen molar-refractivity contribution >= 4 is 0 Å². The molecule has 0 fully saturated rings. The second kappa shape index (κ2) is 3.89. The zero-order chi connectivity index (χ0) is 7.52. The van der Waals surface area contributed by atoms with E-state index in [1.54, 1.807) is 0 Å². The molecule has 1 heteroatoms. The first kappa shape index (κ1) is 8.03. The van der Waals surface area contributed by atoms with Gasteiger partial charge in [0.1, 0.15) is 0 Å². The van der Waals surface area contributed by atoms with E-state index in [0.717, 1.165) is 0 Å². The molecule has 0 heterocycles. The standard InChI is InChI=1S/2C5H7.Hg/c2*1-2-4-5-3-1;/h2*1H,2,4-5H2;. The van der Waals surface area contributed by atoms with E-state index < -0.39 is 24.6 Å². The zero-order valence-electron chi connectivity index (χ0n) is 7.10. The predicted molar refractivity (Wildman–Crippen MR) is 43.9 cm³/mol. The Morgan fingerprint density at radius 1 is 0.909 bits per heavy atom. The van der Waals surface area contributed by atoms with Gasteiger partial charge in [0.2, 0.25) is 0 Å². The van der Waals surface area contributed by atoms with Crippen LogP contribution in [0.25, 0.3) is 0 Å². The molecule has 0 saturated heterocycles. The van der Waals surface area contributed by atoms with Crippen molar-refractivity contribution in [2.45, 2.75) is 38.5 Å². The van der Waals surface area contributed by atoms with Gasteiger partial charge < -0.3 is 0 Å². The first-order valence-corrected chi connectivity index (χ1v) is 10.3. The third kappa shape index (κ3) is 2.17. The Hall–Kier alpha value is 0.415. The molecule has 0 aromatic carbocycles. The Kier molecular flexibility index (Phi) is 2.84. The number of hydrogen-bond donors (Lipinski definition) is 0. The fraction of sp³-hybridized carbons (Fsp3) is 0.600. The van der Waals surface area contributed by atoms with Crippen LogP contribution in [0.5, 0.6) is 0 Å². The van der Waals surface area contributed by atoms with E-state index in [2.05, 4.69) is 12.2 Å². The summed E-state index contributed by atoms with van der Waals surface area (Å²) in [4.78, 5) is 0. The molecule has 11 heavy (non-hydrogen) atoms. The fourth-order valence-electron chi connectivity index (χ4n) is 2.09. The maximum absolute atomic E-state index is 2.54. The van der Waals surface area contributed by atoms with Crippen LogP contribution < -0.4 is 0 Å². The summed E-state index contributed by atoms with van der Waals surface area (Å²) in [6, 6.07) is 0. The van der Waals surface area contributed by atoms with Gasteiger partial charge in [0.15, 0.2) is 0 Å². The molecule has 2 aliphatic carbocycles. The SMILES string of the molecule is C1=[C]([Hg][C]2=CCCC2)CCC1. The van der Waals surface area contributed by atoms with E-state index in [9.17, 15) is 0 Å². The minimum atomic E-state index is -0.645. The molecular weight excluding hydrogens is 321 g/mol. The van der Waals surface area contributed by atoms with Crippen molar-refractivity contribution in [1.29, 1.82) is 0 Å². The molecule has 0 nitrogen and oxygen atoms in total. The molecule has 0 radical (unpaired) electrons. The molecular formula is C10H14Hg. The van der Waals surface area contributed by atoms with Gasteiger partial charge >= 0.3 is 81.4 Å². The monoisotopic (exact) mass is 336 g/mol. The summed E-state index contributed by atoms with van der Waals surface area (Å²) in [6.07, 6.45) is 13.7. The van der Waals surface area contributed by atoms with Gasteiger partial charge in [0, 0.05) is 0 Å². The van der Waals surface area contributed by atoms with Crippen LogP contribution in [-0.2, 0) is 24.6 Å². The Morgan fingerprint density at radius 2 is 1.45 bits per heavy atom. The molecule has 0 spiro atoms. The van der Waals surface area contributed by atoms with Gasteiger partial charge in [-0.15, -0.1) is 0 Å². The third-order valence-electron chi connectivity index (χ3n) is 2.72. The van der Waals surface area contributed by atoms with Crippen LogP contribution >= 0.6 is 0 Å². The minimum absolute atomic E-state index is 0.645. The van der Waals surface area contributed by atoms with Gasteiger partial charge in [0.25, 0.3) is 0 Å². The molecule has 0 aliphatic heterocycles. The third-order valence-corrected chi connectivity index (χ3v) is 11.2. The molecule has 0 N–H and O–H groups in total. The quantitative estimate of drug-likeness (QED) is 0.680. The number of rotatable bonds is 2. The van der Waals surface area contributed by atoms with E-state index in [1.807, 2.05) is 6.16 Å². The molecule has 0 aromatic heterocycles. The topological polar surface area (TPSA) is 0 Å². The Morgan fingerprint density at radius 3 is 1.82 bits per heavy atom. The summed E-state index contributed by atoms with van der Waals surface area (Å²) >= 11 is -0.645. The van der Waals surface area contributed by atoms with Crippen LogP contribution in [0.2, 0.25) is 0 Å². The molecule has 0 unspecified atom stereocenters. The zero-order valence-corrected chi connectivity index (χ0v) is 12.6. The summed E-state index contributed by atoms with van der Waals surface area (Å²) in [7, 11) is 0. The molecule has 0 bridgehead atoms. The fourth-order valence-corrected chi connectivity index (χ4v) is 10.4. The second-order valence-electron chi connectivity index (χ2n) is 3.69. The average molecular weight is 335 g/mol. The normalized spacial score (nSPS) is 22.9. The van der Waals surface area contributed by atoms with Crippen molar-refractivity contribution in [1.82, 2.24) is 0 Å². The molecule has 2 rings (SSSR count). The van der Waals surface area contributed by atoms with E-state index in [1.165, 1.54) is 38.5 Å². The van der Waals surface area contributed by atoms with Crippen LogP contribution in [0.1, 0.15) is 38.5 Å². The molecule has 0 amide bonds. The van der Waals surface area contributed by atoms with Gasteiger partial charge in [0.05, 0.1) is 0 Å². The molecule has 56 valence electrons. The summed E-state index contributed by atoms with van der Waals surface area (Å²) in [6.45, 7) is 0. The predicted octanol–water partition coefficient (Wildman–Crippen LogP) is 3.20. The van der Waals surface area contributed by atoms with Gasteiger partial charge in [-0.05, 0) is 0 Å². The van der Waals surface area contributed by atoms with Gasteiger partial charge in [-0.1, -0.05) is 0 Å². The first-order valence-electron chi connectivity index (χ1n) is 4.81. The van der Waals surface area contributed by atoms with Crippen molar-refractivity contribution in [3.8, 4) is 0 Å². The summed E-state index contributed by atoms with van der Waals surface area (Å²) in [5.41, 5.74) is 0. The average Bonchev–Trinajstić information content (AvgIpc) is 2.60. The summed E-state index contributed by atoms with van der Waals surface area (Å²) < 4.78 is 3.86. The van der Waals surface area contributed by atoms with Gasteiger partial charge in [-0.25, -0.2) is 0 Å². The second-order valence-corrected chi connectivity index (χ2v) is 12.1. The van der Waals surface area contributed by atoms with Crippen LogP contribution in [-0.4, -0.2) is 0 Å². The van der Waals surface area contributed by atoms with Crippen molar-refractivity contribution in [3.05, 3.63) is 18.3 Å². The van der Waals surface area contributed by atoms with Crippen LogP contribution in [0.15, 0.2) is 18.3 Å². The van der Waals surface area contributed by atoms with Crippen LogP contribution in [0.4, 0.5) is 0 Å². The maximum atomic E-state index is 2.54. The number of allylic oxidation sites excluding steroid dienone is 4. The number of hydrogen-bond acceptors (Lipinski definition) is 0.